The molecule has 0 bridgehead atoms. The van der Waals surface area contributed by atoms with Crippen LogP contribution in [0.15, 0.2) is 51.4 Å². The molecule has 0 saturated heterocycles. The van der Waals surface area contributed by atoms with Gasteiger partial charge in [-0.2, -0.15) is 0 Å². The van der Waals surface area contributed by atoms with Crippen LogP contribution in [0.2, 0.25) is 0 Å². The lowest BCUT2D eigenvalue weighted by Crippen LogP contribution is -2.19. The van der Waals surface area contributed by atoms with Gasteiger partial charge >= 0.3 is 0 Å². The molecule has 1 atom stereocenters. The van der Waals surface area contributed by atoms with E-state index < -0.39 is 0 Å². The number of hydrogen-bond acceptors (Lipinski definition) is 1. The summed E-state index contributed by atoms with van der Waals surface area (Å²) >= 11 is 7.15. The smallest absolute Gasteiger partial charge is 0.0369 e. The Morgan fingerprint density at radius 2 is 1.65 bits per heavy atom. The molecule has 0 radical (unpaired) electrons. The number of hydrogen-bond donors (Lipinski definition) is 1. The van der Waals surface area contributed by atoms with Crippen LogP contribution in [0.3, 0.4) is 0 Å². The zero-order valence-electron chi connectivity index (χ0n) is 11.8. The van der Waals surface area contributed by atoms with Gasteiger partial charge in [0.25, 0.3) is 0 Å². The normalized spacial score (nSPS) is 12.4. The Morgan fingerprint density at radius 1 is 1.00 bits per heavy atom. The Morgan fingerprint density at radius 3 is 2.20 bits per heavy atom. The lowest BCUT2D eigenvalue weighted by atomic mass is 9.98. The zero-order chi connectivity index (χ0) is 14.5. The summed E-state index contributed by atoms with van der Waals surface area (Å²) in [7, 11) is 2.01. The second-order valence-corrected chi connectivity index (χ2v) is 6.65. The number of benzene rings is 2. The Kier molecular flexibility index (Phi) is 5.82. The number of aryl methyl sites for hydroxylation is 1. The minimum atomic E-state index is 0.310. The Labute approximate surface area is 138 Å². The molecule has 2 rings (SSSR count). The summed E-state index contributed by atoms with van der Waals surface area (Å²) in [5.74, 6) is 0. The second kappa shape index (κ2) is 7.39. The highest BCUT2D eigenvalue weighted by Crippen LogP contribution is 2.28. The van der Waals surface area contributed by atoms with Gasteiger partial charge in [-0.3, -0.25) is 0 Å². The molecule has 106 valence electrons. The van der Waals surface area contributed by atoms with Crippen molar-refractivity contribution in [2.24, 2.45) is 0 Å². The van der Waals surface area contributed by atoms with Crippen LogP contribution in [0.5, 0.6) is 0 Å². The van der Waals surface area contributed by atoms with Gasteiger partial charge in [0.2, 0.25) is 0 Å². The van der Waals surface area contributed by atoms with E-state index in [1.807, 2.05) is 7.05 Å². The standard InChI is InChI=1S/C17H19Br2N/c1-3-12-4-6-13(7-5-12)10-17(20-2)15-9-8-14(18)11-16(15)19/h4-9,11,17,20H,3,10H2,1-2H3. The summed E-state index contributed by atoms with van der Waals surface area (Å²) < 4.78 is 2.23. The SMILES string of the molecule is CCc1ccc(CC(NC)c2ccc(Br)cc2Br)cc1. The van der Waals surface area contributed by atoms with Crippen molar-refractivity contribution in [3.8, 4) is 0 Å². The molecule has 0 aromatic heterocycles. The van der Waals surface area contributed by atoms with Crippen molar-refractivity contribution in [3.05, 3.63) is 68.1 Å². The van der Waals surface area contributed by atoms with Gasteiger partial charge in [-0.05, 0) is 48.7 Å². The van der Waals surface area contributed by atoms with Crippen LogP contribution >= 0.6 is 31.9 Å². The third kappa shape index (κ3) is 3.94. The van der Waals surface area contributed by atoms with E-state index in [4.69, 9.17) is 0 Å². The van der Waals surface area contributed by atoms with E-state index in [0.717, 1.165) is 21.8 Å². The molecule has 0 aliphatic heterocycles. The van der Waals surface area contributed by atoms with Crippen LogP contribution in [0, 0.1) is 0 Å². The second-order valence-electron chi connectivity index (χ2n) is 4.88. The molecule has 0 aliphatic carbocycles. The van der Waals surface area contributed by atoms with Gasteiger partial charge in [0.15, 0.2) is 0 Å². The first kappa shape index (κ1) is 15.7. The van der Waals surface area contributed by atoms with Crippen molar-refractivity contribution >= 4 is 31.9 Å². The van der Waals surface area contributed by atoms with Crippen LogP contribution in [0.4, 0.5) is 0 Å². The number of rotatable bonds is 5. The third-order valence-corrected chi connectivity index (χ3v) is 4.74. The molecule has 2 aromatic rings. The van der Waals surface area contributed by atoms with Gasteiger partial charge in [0.05, 0.1) is 0 Å². The molecule has 1 unspecified atom stereocenters. The van der Waals surface area contributed by atoms with E-state index >= 15 is 0 Å². The molecule has 0 amide bonds. The Bertz CT molecular complexity index is 564. The number of halogens is 2. The number of nitrogens with one attached hydrogen (secondary N) is 1. The van der Waals surface area contributed by atoms with Crippen LogP contribution in [-0.2, 0) is 12.8 Å². The summed E-state index contributed by atoms with van der Waals surface area (Å²) in [5, 5.41) is 3.41. The van der Waals surface area contributed by atoms with Gasteiger partial charge in [0.1, 0.15) is 0 Å². The van der Waals surface area contributed by atoms with Gasteiger partial charge in [-0.25, -0.2) is 0 Å². The van der Waals surface area contributed by atoms with Crippen LogP contribution in [0.25, 0.3) is 0 Å². The first-order valence-electron chi connectivity index (χ1n) is 6.84. The minimum Gasteiger partial charge on any atom is -0.313 e. The average Bonchev–Trinajstić information content (AvgIpc) is 2.46. The molecule has 1 N–H and O–H groups in total. The summed E-state index contributed by atoms with van der Waals surface area (Å²) in [5.41, 5.74) is 4.03. The molecule has 2 aromatic carbocycles. The molecule has 3 heteroatoms. The van der Waals surface area contributed by atoms with E-state index in [2.05, 4.69) is 86.6 Å². The van der Waals surface area contributed by atoms with Crippen molar-refractivity contribution in [2.45, 2.75) is 25.8 Å². The van der Waals surface area contributed by atoms with Crippen LogP contribution in [0.1, 0.15) is 29.7 Å². The highest BCUT2D eigenvalue weighted by molar-refractivity contribution is 9.11. The van der Waals surface area contributed by atoms with Gasteiger partial charge in [-0.1, -0.05) is 69.1 Å². The molecule has 1 nitrogen and oxygen atoms in total. The zero-order valence-corrected chi connectivity index (χ0v) is 15.0. The molecular weight excluding hydrogens is 378 g/mol. The van der Waals surface area contributed by atoms with Crippen molar-refractivity contribution in [1.82, 2.24) is 5.32 Å². The topological polar surface area (TPSA) is 12.0 Å². The molecule has 0 heterocycles. The minimum absolute atomic E-state index is 0.310. The van der Waals surface area contributed by atoms with Crippen molar-refractivity contribution in [3.63, 3.8) is 0 Å². The quantitative estimate of drug-likeness (QED) is 0.725. The maximum absolute atomic E-state index is 3.65. The van der Waals surface area contributed by atoms with E-state index in [0.29, 0.717) is 6.04 Å². The largest absolute Gasteiger partial charge is 0.313 e. The Balaban J connectivity index is 2.19. The monoisotopic (exact) mass is 395 g/mol. The van der Waals surface area contributed by atoms with E-state index in [-0.39, 0.29) is 0 Å². The average molecular weight is 397 g/mol. The lowest BCUT2D eigenvalue weighted by Gasteiger charge is -2.19. The number of likely N-dealkylation sites (N-methyl/N-ethyl adjacent to an activating group) is 1. The molecule has 0 aliphatic rings. The molecule has 20 heavy (non-hydrogen) atoms. The first-order chi connectivity index (χ1) is 9.63. The predicted octanol–water partition coefficient (Wildman–Crippen LogP) is 5.28. The van der Waals surface area contributed by atoms with Crippen LogP contribution < -0.4 is 5.32 Å². The van der Waals surface area contributed by atoms with E-state index in [1.165, 1.54) is 16.7 Å². The summed E-state index contributed by atoms with van der Waals surface area (Å²) in [6.07, 6.45) is 2.08. The maximum Gasteiger partial charge on any atom is 0.0369 e. The summed E-state index contributed by atoms with van der Waals surface area (Å²) in [6, 6.07) is 15.6. The van der Waals surface area contributed by atoms with Gasteiger partial charge < -0.3 is 5.32 Å². The van der Waals surface area contributed by atoms with Crippen molar-refractivity contribution in [2.75, 3.05) is 7.05 Å². The van der Waals surface area contributed by atoms with Crippen molar-refractivity contribution in [1.29, 1.82) is 0 Å². The maximum atomic E-state index is 3.65. The fraction of sp³-hybridized carbons (Fsp3) is 0.294. The summed E-state index contributed by atoms with van der Waals surface area (Å²) in [4.78, 5) is 0. The van der Waals surface area contributed by atoms with Crippen molar-refractivity contribution < 1.29 is 0 Å². The van der Waals surface area contributed by atoms with Gasteiger partial charge in [0, 0.05) is 15.0 Å². The summed E-state index contributed by atoms with van der Waals surface area (Å²) in [6.45, 7) is 2.18. The highest BCUT2D eigenvalue weighted by atomic mass is 79.9. The van der Waals surface area contributed by atoms with E-state index in [1.54, 1.807) is 0 Å². The molecular formula is C17H19Br2N. The fourth-order valence-electron chi connectivity index (χ4n) is 2.30. The predicted molar refractivity (Wildman–Crippen MR) is 93.2 cm³/mol. The molecule has 0 fully saturated rings. The fourth-order valence-corrected chi connectivity index (χ4v) is 3.62. The van der Waals surface area contributed by atoms with E-state index in [9.17, 15) is 0 Å². The first-order valence-corrected chi connectivity index (χ1v) is 8.42. The molecule has 0 saturated carbocycles. The molecule has 0 spiro atoms. The highest BCUT2D eigenvalue weighted by Gasteiger charge is 2.13. The Hall–Kier alpha value is -0.640. The van der Waals surface area contributed by atoms with Crippen LogP contribution in [-0.4, -0.2) is 7.05 Å². The lowest BCUT2D eigenvalue weighted by molar-refractivity contribution is 0.589. The third-order valence-electron chi connectivity index (χ3n) is 3.56. The van der Waals surface area contributed by atoms with Gasteiger partial charge in [-0.15, -0.1) is 0 Å².